The number of ether oxygens (including phenoxy) is 1. The number of morpholine rings is 1. The molecule has 1 saturated heterocycles. The molecule has 3 nitrogen and oxygen atoms in total. The van der Waals surface area contributed by atoms with Gasteiger partial charge in [-0.3, -0.25) is 0 Å². The fourth-order valence-electron chi connectivity index (χ4n) is 3.22. The van der Waals surface area contributed by atoms with Crippen molar-refractivity contribution in [3.05, 3.63) is 47.0 Å². The van der Waals surface area contributed by atoms with E-state index in [4.69, 9.17) is 16.3 Å². The smallest absolute Gasteiger partial charge is 0.0642 e. The molecule has 0 amide bonds. The molecule has 2 aromatic rings. The normalized spacial score (nSPS) is 17.2. The van der Waals surface area contributed by atoms with Crippen LogP contribution in [0, 0.1) is 0 Å². The Labute approximate surface area is 135 Å². The number of hydrogen-bond acceptors (Lipinski definition) is 3. The highest BCUT2D eigenvalue weighted by atomic mass is 35.5. The first kappa shape index (κ1) is 13.9. The Hall–Kier alpha value is -1.71. The number of hydrogen-bond donors (Lipinski definition) is 1. The highest BCUT2D eigenvalue weighted by Crippen LogP contribution is 2.35. The van der Waals surface area contributed by atoms with E-state index in [2.05, 4.69) is 46.6 Å². The average molecular weight is 315 g/mol. The first-order chi connectivity index (χ1) is 10.8. The number of rotatable bonds is 2. The monoisotopic (exact) mass is 314 g/mol. The lowest BCUT2D eigenvalue weighted by Gasteiger charge is -2.29. The summed E-state index contributed by atoms with van der Waals surface area (Å²) in [6.45, 7) is 4.55. The summed E-state index contributed by atoms with van der Waals surface area (Å²) in [5.41, 5.74) is 6.09. The second kappa shape index (κ2) is 5.82. The van der Waals surface area contributed by atoms with Gasteiger partial charge in [0.1, 0.15) is 0 Å². The number of fused-ring (bicyclic) bond motifs is 1. The van der Waals surface area contributed by atoms with Crippen LogP contribution in [0.15, 0.2) is 36.4 Å². The summed E-state index contributed by atoms with van der Waals surface area (Å²) >= 11 is 6.46. The van der Waals surface area contributed by atoms with Gasteiger partial charge in [-0.1, -0.05) is 23.7 Å². The zero-order valence-electron chi connectivity index (χ0n) is 12.4. The fourth-order valence-corrected chi connectivity index (χ4v) is 3.49. The third-order valence-corrected chi connectivity index (χ3v) is 4.77. The lowest BCUT2D eigenvalue weighted by atomic mass is 10.0. The molecule has 0 radical (unpaired) electrons. The van der Waals surface area contributed by atoms with Crippen molar-refractivity contribution in [3.8, 4) is 11.1 Å². The summed E-state index contributed by atoms with van der Waals surface area (Å²) in [6.07, 6.45) is 1.07. The molecule has 0 unspecified atom stereocenters. The van der Waals surface area contributed by atoms with Crippen molar-refractivity contribution in [1.82, 2.24) is 0 Å². The van der Waals surface area contributed by atoms with Gasteiger partial charge >= 0.3 is 0 Å². The first-order valence-electron chi connectivity index (χ1n) is 7.81. The van der Waals surface area contributed by atoms with Crippen LogP contribution in [0.4, 0.5) is 11.4 Å². The molecular weight excluding hydrogens is 296 g/mol. The molecule has 0 atom stereocenters. The Morgan fingerprint density at radius 3 is 2.59 bits per heavy atom. The van der Waals surface area contributed by atoms with E-state index in [9.17, 15) is 0 Å². The Bertz CT molecular complexity index is 678. The SMILES string of the molecule is Clc1cc2c(cc1-c1ccc(N3CCOCC3)cc1)CCN2. The molecule has 2 aromatic carbocycles. The molecule has 1 N–H and O–H groups in total. The van der Waals surface area contributed by atoms with Gasteiger partial charge in [0.25, 0.3) is 0 Å². The molecule has 4 rings (SSSR count). The molecule has 2 heterocycles. The molecule has 0 saturated carbocycles. The summed E-state index contributed by atoms with van der Waals surface area (Å²) in [7, 11) is 0. The molecule has 4 heteroatoms. The van der Waals surface area contributed by atoms with Crippen molar-refractivity contribution in [2.75, 3.05) is 43.1 Å². The van der Waals surface area contributed by atoms with E-state index in [1.165, 1.54) is 22.5 Å². The molecule has 0 spiro atoms. The zero-order valence-corrected chi connectivity index (χ0v) is 13.2. The van der Waals surface area contributed by atoms with E-state index < -0.39 is 0 Å². The minimum absolute atomic E-state index is 0.811. The van der Waals surface area contributed by atoms with E-state index >= 15 is 0 Å². The van der Waals surface area contributed by atoms with Crippen LogP contribution in [0.5, 0.6) is 0 Å². The molecular formula is C18H19ClN2O. The van der Waals surface area contributed by atoms with Crippen molar-refractivity contribution in [3.63, 3.8) is 0 Å². The van der Waals surface area contributed by atoms with E-state index in [0.717, 1.165) is 49.9 Å². The van der Waals surface area contributed by atoms with Crippen LogP contribution in [0.25, 0.3) is 11.1 Å². The molecule has 0 bridgehead atoms. The number of nitrogens with one attached hydrogen (secondary N) is 1. The topological polar surface area (TPSA) is 24.5 Å². The molecule has 2 aliphatic heterocycles. The summed E-state index contributed by atoms with van der Waals surface area (Å²) in [6, 6.07) is 13.0. The van der Waals surface area contributed by atoms with Crippen molar-refractivity contribution < 1.29 is 4.74 Å². The first-order valence-corrected chi connectivity index (χ1v) is 8.18. The lowest BCUT2D eigenvalue weighted by molar-refractivity contribution is 0.122. The highest BCUT2D eigenvalue weighted by Gasteiger charge is 2.15. The Balaban J connectivity index is 1.63. The van der Waals surface area contributed by atoms with Crippen LogP contribution >= 0.6 is 11.6 Å². The van der Waals surface area contributed by atoms with Crippen molar-refractivity contribution in [2.45, 2.75) is 6.42 Å². The van der Waals surface area contributed by atoms with Crippen LogP contribution in [0.3, 0.4) is 0 Å². The Morgan fingerprint density at radius 2 is 1.82 bits per heavy atom. The van der Waals surface area contributed by atoms with Gasteiger partial charge in [-0.15, -0.1) is 0 Å². The number of nitrogens with zero attached hydrogens (tertiary/aromatic N) is 1. The lowest BCUT2D eigenvalue weighted by Crippen LogP contribution is -2.36. The van der Waals surface area contributed by atoms with E-state index in [1.807, 2.05) is 0 Å². The van der Waals surface area contributed by atoms with Gasteiger partial charge in [0.05, 0.1) is 18.2 Å². The van der Waals surface area contributed by atoms with Crippen LogP contribution in [-0.2, 0) is 11.2 Å². The molecule has 22 heavy (non-hydrogen) atoms. The van der Waals surface area contributed by atoms with Crippen LogP contribution in [0.1, 0.15) is 5.56 Å². The Morgan fingerprint density at radius 1 is 1.05 bits per heavy atom. The van der Waals surface area contributed by atoms with Gasteiger partial charge in [0, 0.05) is 36.6 Å². The predicted molar refractivity (Wildman–Crippen MR) is 92.1 cm³/mol. The van der Waals surface area contributed by atoms with Gasteiger partial charge in [-0.2, -0.15) is 0 Å². The van der Waals surface area contributed by atoms with Gasteiger partial charge in [0.15, 0.2) is 0 Å². The molecule has 0 aliphatic carbocycles. The van der Waals surface area contributed by atoms with E-state index in [0.29, 0.717) is 0 Å². The number of halogens is 1. The highest BCUT2D eigenvalue weighted by molar-refractivity contribution is 6.33. The summed E-state index contributed by atoms with van der Waals surface area (Å²) in [4.78, 5) is 2.36. The average Bonchev–Trinajstić information content (AvgIpc) is 3.02. The van der Waals surface area contributed by atoms with Gasteiger partial charge in [-0.05, 0) is 41.8 Å². The maximum absolute atomic E-state index is 6.46. The van der Waals surface area contributed by atoms with Gasteiger partial charge in [-0.25, -0.2) is 0 Å². The third-order valence-electron chi connectivity index (χ3n) is 4.46. The largest absolute Gasteiger partial charge is 0.384 e. The van der Waals surface area contributed by atoms with Gasteiger partial charge < -0.3 is 15.0 Å². The predicted octanol–water partition coefficient (Wildman–Crippen LogP) is 3.81. The minimum Gasteiger partial charge on any atom is -0.384 e. The minimum atomic E-state index is 0.811. The second-order valence-corrected chi connectivity index (χ2v) is 6.22. The van der Waals surface area contributed by atoms with Crippen molar-refractivity contribution in [1.29, 1.82) is 0 Å². The second-order valence-electron chi connectivity index (χ2n) is 5.81. The molecule has 114 valence electrons. The van der Waals surface area contributed by atoms with E-state index in [1.54, 1.807) is 0 Å². The third kappa shape index (κ3) is 2.55. The molecule has 2 aliphatic rings. The standard InChI is InChI=1S/C18H19ClN2O/c19-17-12-18-14(5-6-20-18)11-16(17)13-1-3-15(4-2-13)21-7-9-22-10-8-21/h1-4,11-12,20H,5-10H2. The molecule has 1 fully saturated rings. The maximum atomic E-state index is 6.46. The summed E-state index contributed by atoms with van der Waals surface area (Å²) in [5.74, 6) is 0. The summed E-state index contributed by atoms with van der Waals surface area (Å²) < 4.78 is 5.41. The fraction of sp³-hybridized carbons (Fsp3) is 0.333. The Kier molecular flexibility index (Phi) is 3.68. The quantitative estimate of drug-likeness (QED) is 0.912. The van der Waals surface area contributed by atoms with E-state index in [-0.39, 0.29) is 0 Å². The number of anilines is 2. The van der Waals surface area contributed by atoms with Gasteiger partial charge in [0.2, 0.25) is 0 Å². The van der Waals surface area contributed by atoms with Crippen molar-refractivity contribution in [2.24, 2.45) is 0 Å². The zero-order chi connectivity index (χ0) is 14.9. The molecule has 0 aromatic heterocycles. The number of benzene rings is 2. The van der Waals surface area contributed by atoms with Crippen LogP contribution < -0.4 is 10.2 Å². The maximum Gasteiger partial charge on any atom is 0.0642 e. The van der Waals surface area contributed by atoms with Crippen molar-refractivity contribution >= 4 is 23.0 Å². The van der Waals surface area contributed by atoms with Crippen LogP contribution in [-0.4, -0.2) is 32.8 Å². The van der Waals surface area contributed by atoms with Crippen LogP contribution in [0.2, 0.25) is 5.02 Å². The summed E-state index contributed by atoms with van der Waals surface area (Å²) in [5, 5.41) is 4.18.